The van der Waals surface area contributed by atoms with Crippen LogP contribution in [0.2, 0.25) is 0 Å². The molecule has 0 aliphatic heterocycles. The van der Waals surface area contributed by atoms with Crippen LogP contribution in [-0.4, -0.2) is 25.1 Å². The van der Waals surface area contributed by atoms with Gasteiger partial charge < -0.3 is 14.8 Å². The van der Waals surface area contributed by atoms with Gasteiger partial charge in [-0.1, -0.05) is 12.1 Å². The molecule has 134 valence electrons. The van der Waals surface area contributed by atoms with Crippen LogP contribution in [0.15, 0.2) is 48.5 Å². The molecule has 1 unspecified atom stereocenters. The lowest BCUT2D eigenvalue weighted by Crippen LogP contribution is -2.25. The molecule has 0 saturated heterocycles. The van der Waals surface area contributed by atoms with E-state index in [2.05, 4.69) is 10.3 Å². The van der Waals surface area contributed by atoms with Gasteiger partial charge in [-0.3, -0.25) is 4.79 Å². The minimum atomic E-state index is -0.205. The van der Waals surface area contributed by atoms with E-state index in [9.17, 15) is 4.79 Å². The number of carbonyl (C=O) groups is 1. The molecule has 1 aromatic heterocycles. The van der Waals surface area contributed by atoms with Gasteiger partial charge in [-0.15, -0.1) is 11.3 Å². The third-order valence-electron chi connectivity index (χ3n) is 3.95. The zero-order valence-electron chi connectivity index (χ0n) is 14.9. The van der Waals surface area contributed by atoms with E-state index in [-0.39, 0.29) is 11.9 Å². The van der Waals surface area contributed by atoms with Gasteiger partial charge in [0.05, 0.1) is 30.5 Å². The van der Waals surface area contributed by atoms with E-state index in [1.165, 1.54) is 6.08 Å². The van der Waals surface area contributed by atoms with Crippen molar-refractivity contribution in [1.82, 2.24) is 10.3 Å². The van der Waals surface area contributed by atoms with Gasteiger partial charge >= 0.3 is 0 Å². The number of nitrogens with one attached hydrogen (secondary N) is 1. The van der Waals surface area contributed by atoms with E-state index in [0.717, 1.165) is 20.8 Å². The van der Waals surface area contributed by atoms with E-state index < -0.39 is 0 Å². The number of benzene rings is 2. The van der Waals surface area contributed by atoms with Gasteiger partial charge in [0.15, 0.2) is 0 Å². The first kappa shape index (κ1) is 17.9. The zero-order chi connectivity index (χ0) is 18.5. The van der Waals surface area contributed by atoms with Gasteiger partial charge in [0, 0.05) is 17.7 Å². The van der Waals surface area contributed by atoms with Crippen molar-refractivity contribution in [3.05, 3.63) is 59.1 Å². The number of ether oxygens (including phenoxy) is 2. The van der Waals surface area contributed by atoms with Crippen molar-refractivity contribution in [2.24, 2.45) is 0 Å². The number of hydrogen-bond acceptors (Lipinski definition) is 5. The highest BCUT2D eigenvalue weighted by Crippen LogP contribution is 2.29. The first-order chi connectivity index (χ1) is 12.6. The number of para-hydroxylation sites is 1. The lowest BCUT2D eigenvalue weighted by atomic mass is 10.1. The monoisotopic (exact) mass is 368 g/mol. The highest BCUT2D eigenvalue weighted by atomic mass is 32.1. The van der Waals surface area contributed by atoms with Crippen molar-refractivity contribution in [1.29, 1.82) is 0 Å². The minimum absolute atomic E-state index is 0.186. The molecule has 0 saturated carbocycles. The van der Waals surface area contributed by atoms with Gasteiger partial charge in [-0.25, -0.2) is 4.98 Å². The Hall–Kier alpha value is -2.86. The van der Waals surface area contributed by atoms with Crippen LogP contribution in [-0.2, 0) is 4.79 Å². The van der Waals surface area contributed by atoms with Gasteiger partial charge in [0.2, 0.25) is 5.91 Å². The van der Waals surface area contributed by atoms with Crippen molar-refractivity contribution in [3.8, 4) is 11.5 Å². The maximum absolute atomic E-state index is 12.3. The SMILES string of the molecule is COc1ccc(C(C)NC(=O)C=Cc2nc3ccccc3s2)c(OC)c1. The van der Waals surface area contributed by atoms with Crippen LogP contribution in [0.4, 0.5) is 0 Å². The maximum atomic E-state index is 12.3. The van der Waals surface area contributed by atoms with Gasteiger partial charge in [-0.05, 0) is 37.3 Å². The molecular formula is C20H20N2O3S. The first-order valence-electron chi connectivity index (χ1n) is 8.17. The molecule has 0 radical (unpaired) electrons. The molecule has 1 atom stereocenters. The summed E-state index contributed by atoms with van der Waals surface area (Å²) < 4.78 is 11.7. The Morgan fingerprint density at radius 3 is 2.73 bits per heavy atom. The van der Waals surface area contributed by atoms with Crippen molar-refractivity contribution >= 4 is 33.5 Å². The number of aromatic nitrogens is 1. The molecule has 0 aliphatic rings. The number of thiazole rings is 1. The molecule has 1 amide bonds. The molecule has 1 heterocycles. The summed E-state index contributed by atoms with van der Waals surface area (Å²) in [4.78, 5) is 16.7. The number of fused-ring (bicyclic) bond motifs is 1. The fourth-order valence-corrected chi connectivity index (χ4v) is 3.49. The standard InChI is InChI=1S/C20H20N2O3S/c1-13(15-9-8-14(24-2)12-17(15)25-3)21-19(23)10-11-20-22-16-6-4-5-7-18(16)26-20/h4-13H,1-3H3,(H,21,23). The zero-order valence-corrected chi connectivity index (χ0v) is 15.7. The number of nitrogens with zero attached hydrogens (tertiary/aromatic N) is 1. The van der Waals surface area contributed by atoms with Gasteiger partial charge in [0.25, 0.3) is 0 Å². The molecule has 0 bridgehead atoms. The lowest BCUT2D eigenvalue weighted by molar-refractivity contribution is -0.117. The summed E-state index contributed by atoms with van der Waals surface area (Å²) in [6.45, 7) is 1.91. The molecule has 3 rings (SSSR count). The number of carbonyl (C=O) groups excluding carboxylic acids is 1. The van der Waals surface area contributed by atoms with E-state index in [1.807, 2.05) is 43.3 Å². The van der Waals surface area contributed by atoms with Crippen LogP contribution in [0.25, 0.3) is 16.3 Å². The number of hydrogen-bond donors (Lipinski definition) is 1. The summed E-state index contributed by atoms with van der Waals surface area (Å²) >= 11 is 1.55. The summed E-state index contributed by atoms with van der Waals surface area (Å²) in [5.41, 5.74) is 1.82. The molecular weight excluding hydrogens is 348 g/mol. The first-order valence-corrected chi connectivity index (χ1v) is 8.98. The Morgan fingerprint density at radius 1 is 1.19 bits per heavy atom. The maximum Gasteiger partial charge on any atom is 0.244 e. The summed E-state index contributed by atoms with van der Waals surface area (Å²) in [7, 11) is 3.20. The van der Waals surface area contributed by atoms with Crippen LogP contribution in [0, 0.1) is 0 Å². The number of amides is 1. The van der Waals surface area contributed by atoms with Gasteiger partial charge in [0.1, 0.15) is 16.5 Å². The van der Waals surface area contributed by atoms with Gasteiger partial charge in [-0.2, -0.15) is 0 Å². The van der Waals surface area contributed by atoms with E-state index in [1.54, 1.807) is 37.7 Å². The fourth-order valence-electron chi connectivity index (χ4n) is 2.62. The third kappa shape index (κ3) is 4.03. The highest BCUT2D eigenvalue weighted by molar-refractivity contribution is 7.19. The Balaban J connectivity index is 1.69. The average molecular weight is 368 g/mol. The van der Waals surface area contributed by atoms with E-state index in [0.29, 0.717) is 11.5 Å². The van der Waals surface area contributed by atoms with Crippen LogP contribution in [0.1, 0.15) is 23.5 Å². The molecule has 2 aromatic carbocycles. The molecule has 5 nitrogen and oxygen atoms in total. The predicted octanol–water partition coefficient (Wildman–Crippen LogP) is 4.20. The highest BCUT2D eigenvalue weighted by Gasteiger charge is 2.14. The van der Waals surface area contributed by atoms with E-state index in [4.69, 9.17) is 9.47 Å². The Kier molecular flexibility index (Phi) is 5.53. The summed E-state index contributed by atoms with van der Waals surface area (Å²) in [5.74, 6) is 1.20. The summed E-state index contributed by atoms with van der Waals surface area (Å²) in [6, 6.07) is 13.2. The topological polar surface area (TPSA) is 60.5 Å². The molecule has 3 aromatic rings. The third-order valence-corrected chi connectivity index (χ3v) is 4.96. The largest absolute Gasteiger partial charge is 0.497 e. The molecule has 1 N–H and O–H groups in total. The smallest absolute Gasteiger partial charge is 0.244 e. The van der Waals surface area contributed by atoms with E-state index >= 15 is 0 Å². The quantitative estimate of drug-likeness (QED) is 0.662. The Bertz CT molecular complexity index is 916. The predicted molar refractivity (Wildman–Crippen MR) is 105 cm³/mol. The van der Waals surface area contributed by atoms with Crippen LogP contribution in [0.5, 0.6) is 11.5 Å². The van der Waals surface area contributed by atoms with Crippen LogP contribution >= 0.6 is 11.3 Å². The number of rotatable bonds is 6. The van der Waals surface area contributed by atoms with Crippen LogP contribution < -0.4 is 14.8 Å². The van der Waals surface area contributed by atoms with Crippen molar-refractivity contribution in [2.75, 3.05) is 14.2 Å². The lowest BCUT2D eigenvalue weighted by Gasteiger charge is -2.17. The van der Waals surface area contributed by atoms with Crippen LogP contribution in [0.3, 0.4) is 0 Å². The van der Waals surface area contributed by atoms with Crippen molar-refractivity contribution in [2.45, 2.75) is 13.0 Å². The Labute approximate surface area is 156 Å². The average Bonchev–Trinajstić information content (AvgIpc) is 3.08. The summed E-state index contributed by atoms with van der Waals surface area (Å²) in [6.07, 6.45) is 3.24. The summed E-state index contributed by atoms with van der Waals surface area (Å²) in [5, 5.41) is 3.74. The molecule has 0 fully saturated rings. The molecule has 6 heteroatoms. The Morgan fingerprint density at radius 2 is 2.00 bits per heavy atom. The number of methoxy groups -OCH3 is 2. The molecule has 26 heavy (non-hydrogen) atoms. The normalized spacial score (nSPS) is 12.3. The second kappa shape index (κ2) is 8.01. The van der Waals surface area contributed by atoms with Crippen molar-refractivity contribution in [3.63, 3.8) is 0 Å². The van der Waals surface area contributed by atoms with Crippen molar-refractivity contribution < 1.29 is 14.3 Å². The minimum Gasteiger partial charge on any atom is -0.497 e. The second-order valence-corrected chi connectivity index (χ2v) is 6.75. The second-order valence-electron chi connectivity index (χ2n) is 5.69. The molecule has 0 aliphatic carbocycles. The fraction of sp³-hybridized carbons (Fsp3) is 0.200. The molecule has 0 spiro atoms.